The van der Waals surface area contributed by atoms with Crippen LogP contribution in [0.3, 0.4) is 0 Å². The fraction of sp³-hybridized carbons (Fsp3) is 0.0526. The Hall–Kier alpha value is -3.06. The van der Waals surface area contributed by atoms with Gasteiger partial charge < -0.3 is 9.15 Å². The molecule has 0 radical (unpaired) electrons. The number of ketones is 2. The van der Waals surface area contributed by atoms with Crippen molar-refractivity contribution in [1.82, 2.24) is 4.98 Å². The van der Waals surface area contributed by atoms with Crippen molar-refractivity contribution in [3.8, 4) is 5.75 Å². The Labute approximate surface area is 155 Å². The lowest BCUT2D eigenvalue weighted by atomic mass is 9.90. The first kappa shape index (κ1) is 16.4. The van der Waals surface area contributed by atoms with E-state index in [2.05, 4.69) is 20.9 Å². The summed E-state index contributed by atoms with van der Waals surface area (Å²) in [4.78, 5) is 42.0. The van der Waals surface area contributed by atoms with Gasteiger partial charge in [-0.05, 0) is 43.3 Å². The highest BCUT2D eigenvalue weighted by atomic mass is 79.9. The fourth-order valence-electron chi connectivity index (χ4n) is 2.84. The number of aromatic nitrogens is 1. The molecule has 2 aromatic heterocycles. The molecule has 128 valence electrons. The molecule has 0 unspecified atom stereocenters. The first-order valence-electron chi connectivity index (χ1n) is 7.63. The number of hydrogen-bond donors (Lipinski definition) is 0. The SMILES string of the molecule is Cc1oc2c(c1C(=O)Oc1ccc(Br)cc1)C(=O)c1ncccc1C2=O. The second-order valence-corrected chi connectivity index (χ2v) is 6.55. The largest absolute Gasteiger partial charge is 0.456 e. The van der Waals surface area contributed by atoms with Crippen molar-refractivity contribution in [2.24, 2.45) is 0 Å². The van der Waals surface area contributed by atoms with Gasteiger partial charge in [0, 0.05) is 10.7 Å². The molecule has 0 N–H and O–H groups in total. The lowest BCUT2D eigenvalue weighted by molar-refractivity contribution is 0.0729. The molecule has 1 aliphatic carbocycles. The number of nitrogens with zero attached hydrogens (tertiary/aromatic N) is 1. The number of fused-ring (bicyclic) bond motifs is 2. The third-order valence-corrected chi connectivity index (χ3v) is 4.54. The Morgan fingerprint density at radius 2 is 1.85 bits per heavy atom. The molecule has 3 aromatic rings. The van der Waals surface area contributed by atoms with Gasteiger partial charge >= 0.3 is 5.97 Å². The first-order valence-corrected chi connectivity index (χ1v) is 8.42. The molecule has 0 atom stereocenters. The van der Waals surface area contributed by atoms with Crippen molar-refractivity contribution >= 4 is 33.5 Å². The Balaban J connectivity index is 1.79. The van der Waals surface area contributed by atoms with E-state index in [0.29, 0.717) is 5.75 Å². The minimum atomic E-state index is -0.768. The molecule has 0 saturated heterocycles. The molecule has 26 heavy (non-hydrogen) atoms. The molecular formula is C19H10BrNO5. The maximum absolute atomic E-state index is 12.8. The van der Waals surface area contributed by atoms with Gasteiger partial charge in [0.05, 0.1) is 11.1 Å². The van der Waals surface area contributed by atoms with Crippen molar-refractivity contribution in [3.05, 3.63) is 81.0 Å². The zero-order valence-corrected chi connectivity index (χ0v) is 15.0. The van der Waals surface area contributed by atoms with E-state index in [1.807, 2.05) is 0 Å². The van der Waals surface area contributed by atoms with Crippen LogP contribution in [0.5, 0.6) is 5.75 Å². The average Bonchev–Trinajstić information content (AvgIpc) is 2.99. The van der Waals surface area contributed by atoms with Crippen LogP contribution in [0.15, 0.2) is 51.5 Å². The third kappa shape index (κ3) is 2.48. The lowest BCUT2D eigenvalue weighted by Crippen LogP contribution is -2.23. The van der Waals surface area contributed by atoms with Gasteiger partial charge in [-0.15, -0.1) is 0 Å². The molecule has 0 spiro atoms. The van der Waals surface area contributed by atoms with Gasteiger partial charge in [0.1, 0.15) is 22.8 Å². The van der Waals surface area contributed by atoms with Crippen molar-refractivity contribution in [1.29, 1.82) is 0 Å². The minimum Gasteiger partial charge on any atom is -0.456 e. The summed E-state index contributed by atoms with van der Waals surface area (Å²) in [6.07, 6.45) is 1.42. The van der Waals surface area contributed by atoms with E-state index in [1.165, 1.54) is 19.2 Å². The van der Waals surface area contributed by atoms with Crippen molar-refractivity contribution < 1.29 is 23.5 Å². The minimum absolute atomic E-state index is 0.00323. The lowest BCUT2D eigenvalue weighted by Gasteiger charge is -2.12. The summed E-state index contributed by atoms with van der Waals surface area (Å²) in [5, 5.41) is 0. The quantitative estimate of drug-likeness (QED) is 0.368. The molecule has 0 aliphatic heterocycles. The molecule has 7 heteroatoms. The van der Waals surface area contributed by atoms with Crippen LogP contribution in [0.2, 0.25) is 0 Å². The number of hydrogen-bond acceptors (Lipinski definition) is 6. The highest BCUT2D eigenvalue weighted by molar-refractivity contribution is 9.10. The van der Waals surface area contributed by atoms with Gasteiger partial charge in [-0.2, -0.15) is 0 Å². The molecule has 1 aliphatic rings. The summed E-state index contributed by atoms with van der Waals surface area (Å²) in [6.45, 7) is 1.51. The summed E-state index contributed by atoms with van der Waals surface area (Å²) in [6, 6.07) is 9.71. The normalized spacial score (nSPS) is 12.5. The standard InChI is InChI=1S/C19H10BrNO5/c1-9-13(19(24)26-11-6-4-10(20)5-7-11)14-17(23)15-12(3-2-8-21-15)16(22)18(14)25-9/h2-8H,1H3. The zero-order chi connectivity index (χ0) is 18.4. The number of pyridine rings is 1. The van der Waals surface area contributed by atoms with Gasteiger partial charge in [-0.25, -0.2) is 4.79 Å². The Morgan fingerprint density at radius 3 is 2.58 bits per heavy atom. The molecule has 0 saturated carbocycles. The molecule has 2 heterocycles. The van der Waals surface area contributed by atoms with Crippen LogP contribution in [0.4, 0.5) is 0 Å². The highest BCUT2D eigenvalue weighted by Gasteiger charge is 2.39. The number of carbonyl (C=O) groups is 3. The fourth-order valence-corrected chi connectivity index (χ4v) is 3.10. The topological polar surface area (TPSA) is 86.5 Å². The van der Waals surface area contributed by atoms with Crippen LogP contribution >= 0.6 is 15.9 Å². The van der Waals surface area contributed by atoms with Gasteiger partial charge in [0.15, 0.2) is 5.76 Å². The second kappa shape index (κ2) is 6.03. The predicted octanol–water partition coefficient (Wildman–Crippen LogP) is 3.74. The Morgan fingerprint density at radius 1 is 1.12 bits per heavy atom. The van der Waals surface area contributed by atoms with Crippen molar-refractivity contribution in [2.75, 3.05) is 0 Å². The Kier molecular flexibility index (Phi) is 3.81. The molecule has 1 aromatic carbocycles. The molecule has 6 nitrogen and oxygen atoms in total. The van der Waals surface area contributed by atoms with Gasteiger partial charge in [-0.1, -0.05) is 15.9 Å². The van der Waals surface area contributed by atoms with E-state index < -0.39 is 17.5 Å². The van der Waals surface area contributed by atoms with E-state index in [1.54, 1.807) is 30.3 Å². The number of benzene rings is 1. The van der Waals surface area contributed by atoms with Crippen LogP contribution in [0.1, 0.15) is 48.3 Å². The second-order valence-electron chi connectivity index (χ2n) is 5.64. The average molecular weight is 412 g/mol. The van der Waals surface area contributed by atoms with Crippen LogP contribution in [0.25, 0.3) is 0 Å². The summed E-state index contributed by atoms with van der Waals surface area (Å²) < 4.78 is 11.6. The van der Waals surface area contributed by atoms with Gasteiger partial charge in [0.2, 0.25) is 11.6 Å². The zero-order valence-electron chi connectivity index (χ0n) is 13.4. The number of furan rings is 1. The number of halogens is 1. The first-order chi connectivity index (χ1) is 12.5. The van der Waals surface area contributed by atoms with E-state index in [9.17, 15) is 14.4 Å². The number of carbonyl (C=O) groups excluding carboxylic acids is 3. The Bertz CT molecular complexity index is 1080. The molecule has 0 fully saturated rings. The van der Waals surface area contributed by atoms with E-state index in [0.717, 1.165) is 4.47 Å². The smallest absolute Gasteiger partial charge is 0.347 e. The molecule has 0 amide bonds. The predicted molar refractivity (Wildman–Crippen MR) is 93.6 cm³/mol. The maximum Gasteiger partial charge on any atom is 0.347 e. The monoisotopic (exact) mass is 411 g/mol. The van der Waals surface area contributed by atoms with Crippen molar-refractivity contribution in [3.63, 3.8) is 0 Å². The third-order valence-electron chi connectivity index (χ3n) is 4.01. The molecule has 4 rings (SSSR count). The number of ether oxygens (including phenoxy) is 1. The van der Waals surface area contributed by atoms with Crippen LogP contribution in [-0.4, -0.2) is 22.5 Å². The number of aryl methyl sites for hydroxylation is 1. The van der Waals surface area contributed by atoms with Crippen molar-refractivity contribution in [2.45, 2.75) is 6.92 Å². The number of rotatable bonds is 2. The summed E-state index contributed by atoms with van der Waals surface area (Å²) in [7, 11) is 0. The van der Waals surface area contributed by atoms with Crippen LogP contribution in [-0.2, 0) is 0 Å². The van der Waals surface area contributed by atoms with E-state index in [-0.39, 0.29) is 33.9 Å². The van der Waals surface area contributed by atoms with E-state index in [4.69, 9.17) is 9.15 Å². The van der Waals surface area contributed by atoms with E-state index >= 15 is 0 Å². The summed E-state index contributed by atoms with van der Waals surface area (Å²) in [5.74, 6) is -1.48. The summed E-state index contributed by atoms with van der Waals surface area (Å²) in [5.41, 5.74) is 0.00783. The van der Waals surface area contributed by atoms with Crippen LogP contribution in [0, 0.1) is 6.92 Å². The molecular weight excluding hydrogens is 402 g/mol. The van der Waals surface area contributed by atoms with Gasteiger partial charge in [-0.3, -0.25) is 14.6 Å². The molecule has 0 bridgehead atoms. The number of esters is 1. The maximum atomic E-state index is 12.8. The van der Waals surface area contributed by atoms with Crippen LogP contribution < -0.4 is 4.74 Å². The highest BCUT2D eigenvalue weighted by Crippen LogP contribution is 2.33. The summed E-state index contributed by atoms with van der Waals surface area (Å²) >= 11 is 3.30. The van der Waals surface area contributed by atoms with Gasteiger partial charge in [0.25, 0.3) is 0 Å².